The Labute approximate surface area is 194 Å². The van der Waals surface area contributed by atoms with Gasteiger partial charge in [0, 0.05) is 11.8 Å². The minimum atomic E-state index is -0.637. The molecule has 0 radical (unpaired) electrons. The van der Waals surface area contributed by atoms with E-state index in [0.717, 1.165) is 17.6 Å². The molecule has 4 nitrogen and oxygen atoms in total. The first-order valence-corrected chi connectivity index (χ1v) is 12.5. The average molecular weight is 445 g/mol. The Morgan fingerprint density at radius 1 is 1.28 bits per heavy atom. The fourth-order valence-corrected chi connectivity index (χ4v) is 6.35. The van der Waals surface area contributed by atoms with E-state index in [9.17, 15) is 15.0 Å². The van der Waals surface area contributed by atoms with Gasteiger partial charge in [0.05, 0.1) is 18.8 Å². The maximum absolute atomic E-state index is 12.2. The van der Waals surface area contributed by atoms with E-state index in [2.05, 4.69) is 32.6 Å². The number of aliphatic hydroxyl groups is 2. The van der Waals surface area contributed by atoms with Crippen LogP contribution in [-0.4, -0.2) is 41.4 Å². The summed E-state index contributed by atoms with van der Waals surface area (Å²) in [7, 11) is 0. The number of aliphatic hydroxyl groups excluding tert-OH is 2. The Morgan fingerprint density at radius 2 is 2.00 bits per heavy atom. The summed E-state index contributed by atoms with van der Waals surface area (Å²) in [5.74, 6) is 1.76. The third kappa shape index (κ3) is 5.46. The summed E-state index contributed by atoms with van der Waals surface area (Å²) in [6, 6.07) is 0. The molecular formula is C28H44O4. The zero-order valence-corrected chi connectivity index (χ0v) is 20.8. The number of allylic oxidation sites excluding steroid dienone is 3. The van der Waals surface area contributed by atoms with Crippen molar-refractivity contribution in [3.8, 4) is 0 Å². The highest BCUT2D eigenvalue weighted by Crippen LogP contribution is 2.59. The van der Waals surface area contributed by atoms with Gasteiger partial charge in [0.1, 0.15) is 6.61 Å². The van der Waals surface area contributed by atoms with Crippen LogP contribution in [0.1, 0.15) is 79.6 Å². The number of carbonyl (C=O) groups is 1. The Kier molecular flexibility index (Phi) is 7.89. The maximum Gasteiger partial charge on any atom is 0.163 e. The molecule has 3 fully saturated rings. The van der Waals surface area contributed by atoms with Gasteiger partial charge in [-0.25, -0.2) is 0 Å². The van der Waals surface area contributed by atoms with Gasteiger partial charge in [-0.2, -0.15) is 0 Å². The molecule has 0 saturated heterocycles. The molecule has 3 aliphatic rings. The number of rotatable bonds is 6. The summed E-state index contributed by atoms with van der Waals surface area (Å²) >= 11 is 0. The van der Waals surface area contributed by atoms with Gasteiger partial charge >= 0.3 is 0 Å². The normalized spacial score (nSPS) is 37.0. The van der Waals surface area contributed by atoms with Crippen LogP contribution in [0.4, 0.5) is 0 Å². The van der Waals surface area contributed by atoms with E-state index in [1.807, 2.05) is 20.8 Å². The number of hydrogen-bond acceptors (Lipinski definition) is 4. The van der Waals surface area contributed by atoms with Crippen molar-refractivity contribution >= 4 is 5.78 Å². The fourth-order valence-electron chi connectivity index (χ4n) is 6.35. The van der Waals surface area contributed by atoms with Crippen molar-refractivity contribution < 1.29 is 19.7 Å². The molecule has 2 unspecified atom stereocenters. The minimum absolute atomic E-state index is 0.163. The predicted molar refractivity (Wildman–Crippen MR) is 129 cm³/mol. The van der Waals surface area contributed by atoms with Crippen LogP contribution in [0.5, 0.6) is 0 Å². The highest BCUT2D eigenvalue weighted by atomic mass is 16.5. The summed E-state index contributed by atoms with van der Waals surface area (Å²) < 4.78 is 5.88. The van der Waals surface area contributed by atoms with Gasteiger partial charge in [0.25, 0.3) is 0 Å². The summed E-state index contributed by atoms with van der Waals surface area (Å²) in [6.45, 7) is 15.5. The average Bonchev–Trinajstić information content (AvgIpc) is 3.06. The molecule has 0 bridgehead atoms. The highest BCUT2D eigenvalue weighted by molar-refractivity contribution is 5.84. The van der Waals surface area contributed by atoms with Gasteiger partial charge in [-0.15, -0.1) is 0 Å². The molecule has 3 saturated carbocycles. The van der Waals surface area contributed by atoms with Crippen molar-refractivity contribution in [3.05, 3.63) is 35.5 Å². The number of fused-ring (bicyclic) bond motifs is 1. The van der Waals surface area contributed by atoms with Gasteiger partial charge < -0.3 is 14.9 Å². The van der Waals surface area contributed by atoms with E-state index in [4.69, 9.17) is 4.74 Å². The van der Waals surface area contributed by atoms with Crippen LogP contribution in [0.2, 0.25) is 0 Å². The standard InChI is InChI=1S/C28H44O4/c1-18(16-32-17-26(31)27(3,4)5)23-11-12-24-20(8-7-13-28(23,24)6)9-10-21-14-22(29)15-25(30)19(21)2/h9-10,18,22-25,29-30H,2,7-8,11-17H2,1,3-6H3/b20-9+,21-10-/t18-,22-,23-,24+,25?,28?/m1/s1. The first-order valence-electron chi connectivity index (χ1n) is 12.5. The maximum atomic E-state index is 12.2. The zero-order chi connectivity index (χ0) is 23.7. The minimum Gasteiger partial charge on any atom is -0.393 e. The van der Waals surface area contributed by atoms with E-state index >= 15 is 0 Å². The Balaban J connectivity index is 1.67. The van der Waals surface area contributed by atoms with Crippen molar-refractivity contribution in [2.24, 2.45) is 28.6 Å². The number of ketones is 1. The Hall–Kier alpha value is -1.23. The molecule has 0 aromatic carbocycles. The lowest BCUT2D eigenvalue weighted by molar-refractivity contribution is -0.131. The van der Waals surface area contributed by atoms with Crippen LogP contribution < -0.4 is 0 Å². The molecule has 0 heterocycles. The highest BCUT2D eigenvalue weighted by Gasteiger charge is 2.50. The smallest absolute Gasteiger partial charge is 0.163 e. The van der Waals surface area contributed by atoms with Crippen LogP contribution in [0, 0.1) is 28.6 Å². The second-order valence-corrected chi connectivity index (χ2v) is 11.8. The first-order chi connectivity index (χ1) is 14.9. The molecule has 0 aromatic rings. The number of carbonyl (C=O) groups excluding carboxylic acids is 1. The van der Waals surface area contributed by atoms with Crippen molar-refractivity contribution in [1.29, 1.82) is 0 Å². The molecule has 2 N–H and O–H groups in total. The lowest BCUT2D eigenvalue weighted by atomic mass is 9.61. The Morgan fingerprint density at radius 3 is 2.69 bits per heavy atom. The summed E-state index contributed by atoms with van der Waals surface area (Å²) in [5, 5.41) is 20.2. The van der Waals surface area contributed by atoms with Gasteiger partial charge in [-0.1, -0.05) is 58.9 Å². The molecule has 3 aliphatic carbocycles. The molecule has 0 spiro atoms. The molecule has 32 heavy (non-hydrogen) atoms. The monoisotopic (exact) mass is 444 g/mol. The van der Waals surface area contributed by atoms with Crippen molar-refractivity contribution in [3.63, 3.8) is 0 Å². The predicted octanol–water partition coefficient (Wildman–Crippen LogP) is 5.40. The molecule has 0 aromatic heterocycles. The quantitative estimate of drug-likeness (QED) is 0.576. The number of Topliss-reactive ketones (excluding diaryl/α,β-unsaturated/α-hetero) is 1. The molecule has 6 atom stereocenters. The molecule has 3 rings (SSSR count). The van der Waals surface area contributed by atoms with E-state index in [1.165, 1.54) is 31.3 Å². The van der Waals surface area contributed by atoms with Crippen LogP contribution in [-0.2, 0) is 9.53 Å². The Bertz CT molecular complexity index is 771. The van der Waals surface area contributed by atoms with Crippen molar-refractivity contribution in [2.75, 3.05) is 13.2 Å². The van der Waals surface area contributed by atoms with Crippen LogP contribution in [0.15, 0.2) is 35.5 Å². The summed E-state index contributed by atoms with van der Waals surface area (Å²) in [4.78, 5) is 12.2. The van der Waals surface area contributed by atoms with Gasteiger partial charge in [-0.05, 0) is 72.8 Å². The third-order valence-electron chi connectivity index (χ3n) is 8.44. The second-order valence-electron chi connectivity index (χ2n) is 11.8. The SMILES string of the molecule is C=C1/C(=C\C=C2/CCCC3(C)[C@@H]([C@H](C)COCC(=O)C(C)(C)C)CC[C@@H]23)C[C@@H](O)CC1O. The number of ether oxygens (including phenoxy) is 1. The van der Waals surface area contributed by atoms with Crippen LogP contribution in [0.3, 0.4) is 0 Å². The van der Waals surface area contributed by atoms with Crippen LogP contribution in [0.25, 0.3) is 0 Å². The fraction of sp³-hybridized carbons (Fsp3) is 0.750. The molecule has 180 valence electrons. The molecule has 0 amide bonds. The largest absolute Gasteiger partial charge is 0.393 e. The molecular weight excluding hydrogens is 400 g/mol. The lowest BCUT2D eigenvalue weighted by Crippen LogP contribution is -2.37. The topological polar surface area (TPSA) is 66.8 Å². The lowest BCUT2D eigenvalue weighted by Gasteiger charge is -2.44. The first kappa shape index (κ1) is 25.4. The second kappa shape index (κ2) is 9.95. The van der Waals surface area contributed by atoms with E-state index < -0.39 is 12.2 Å². The molecule has 4 heteroatoms. The van der Waals surface area contributed by atoms with E-state index in [1.54, 1.807) is 0 Å². The van der Waals surface area contributed by atoms with E-state index in [-0.39, 0.29) is 23.2 Å². The third-order valence-corrected chi connectivity index (χ3v) is 8.44. The molecule has 0 aliphatic heterocycles. The summed E-state index contributed by atoms with van der Waals surface area (Å²) in [5.41, 5.74) is 3.16. The van der Waals surface area contributed by atoms with Crippen LogP contribution >= 0.6 is 0 Å². The van der Waals surface area contributed by atoms with Gasteiger partial charge in [0.15, 0.2) is 5.78 Å². The van der Waals surface area contributed by atoms with Crippen molar-refractivity contribution in [2.45, 2.75) is 91.8 Å². The zero-order valence-electron chi connectivity index (χ0n) is 20.8. The number of hydrogen-bond donors (Lipinski definition) is 2. The van der Waals surface area contributed by atoms with Gasteiger partial charge in [-0.3, -0.25) is 4.79 Å². The van der Waals surface area contributed by atoms with Gasteiger partial charge in [0.2, 0.25) is 0 Å². The van der Waals surface area contributed by atoms with Crippen molar-refractivity contribution in [1.82, 2.24) is 0 Å². The summed E-state index contributed by atoms with van der Waals surface area (Å²) in [6.07, 6.45) is 10.2. The van der Waals surface area contributed by atoms with E-state index in [0.29, 0.717) is 37.2 Å².